The summed E-state index contributed by atoms with van der Waals surface area (Å²) in [6.45, 7) is 13.3. The van der Waals surface area contributed by atoms with Gasteiger partial charge in [-0.25, -0.2) is 22.8 Å². The highest BCUT2D eigenvalue weighted by molar-refractivity contribution is 8.00. The molecule has 2 N–H and O–H groups in total. The predicted molar refractivity (Wildman–Crippen MR) is 190 cm³/mol. The first-order valence-corrected chi connectivity index (χ1v) is 18.1. The maximum Gasteiger partial charge on any atom is 0.407 e. The van der Waals surface area contributed by atoms with Gasteiger partial charge >= 0.3 is 18.0 Å². The molecule has 53 heavy (non-hydrogen) atoms. The molecule has 1 fully saturated rings. The Balaban J connectivity index is 1.60. The molecule has 0 aromatic heterocycles. The van der Waals surface area contributed by atoms with Crippen LogP contribution in [0.3, 0.4) is 0 Å². The van der Waals surface area contributed by atoms with Crippen LogP contribution in [0.25, 0.3) is 0 Å². The van der Waals surface area contributed by atoms with Crippen LogP contribution in [0.15, 0.2) is 36.4 Å². The Morgan fingerprint density at radius 3 is 2.17 bits per heavy atom. The molecule has 0 bridgehead atoms. The molecule has 1 heterocycles. The van der Waals surface area contributed by atoms with Crippen LogP contribution in [0.5, 0.6) is 5.75 Å². The molecule has 0 spiro atoms. The molecule has 1 aliphatic rings. The minimum atomic E-state index is -1.37. The highest BCUT2D eigenvalue weighted by atomic mass is 32.2. The van der Waals surface area contributed by atoms with Crippen LogP contribution in [0, 0.1) is 28.8 Å². The van der Waals surface area contributed by atoms with Gasteiger partial charge in [-0.15, -0.1) is 11.8 Å². The maximum atomic E-state index is 14.5. The number of hydrogen-bond donors (Lipinski definition) is 2. The molecule has 0 radical (unpaired) electrons. The highest BCUT2D eigenvalue weighted by Crippen LogP contribution is 2.26. The molecule has 2 aromatic carbocycles. The van der Waals surface area contributed by atoms with Crippen LogP contribution in [0.4, 0.5) is 18.0 Å². The zero-order chi connectivity index (χ0) is 39.7. The lowest BCUT2D eigenvalue weighted by Crippen LogP contribution is -2.48. The monoisotopic (exact) mass is 767 g/mol. The Morgan fingerprint density at radius 1 is 0.925 bits per heavy atom. The summed E-state index contributed by atoms with van der Waals surface area (Å²) in [7, 11) is 0. The Kier molecular flexibility index (Phi) is 15.0. The van der Waals surface area contributed by atoms with Crippen molar-refractivity contribution < 1.29 is 56.1 Å². The summed E-state index contributed by atoms with van der Waals surface area (Å²) in [5.41, 5.74) is -1.19. The van der Waals surface area contributed by atoms with E-state index in [1.54, 1.807) is 79.7 Å². The molecule has 3 atom stereocenters. The summed E-state index contributed by atoms with van der Waals surface area (Å²) in [6.07, 6.45) is -2.60. The van der Waals surface area contributed by atoms with Crippen LogP contribution in [0.1, 0.15) is 72.9 Å². The first-order chi connectivity index (χ1) is 24.6. The van der Waals surface area contributed by atoms with Gasteiger partial charge < -0.3 is 34.5 Å². The number of halogens is 3. The summed E-state index contributed by atoms with van der Waals surface area (Å²) < 4.78 is 63.3. The van der Waals surface area contributed by atoms with Crippen molar-refractivity contribution in [2.75, 3.05) is 19.1 Å². The molecule has 3 unspecified atom stereocenters. The fourth-order valence-electron chi connectivity index (χ4n) is 4.91. The van der Waals surface area contributed by atoms with Gasteiger partial charge in [0.05, 0.1) is 5.41 Å². The number of nitrogens with one attached hydrogen (secondary N) is 2. The molecule has 3 amide bonds. The Bertz CT molecular complexity index is 1630. The summed E-state index contributed by atoms with van der Waals surface area (Å²) in [6, 6.07) is 6.62. The van der Waals surface area contributed by atoms with E-state index in [2.05, 4.69) is 10.6 Å². The van der Waals surface area contributed by atoms with Gasteiger partial charge in [0, 0.05) is 43.3 Å². The zero-order valence-corrected chi connectivity index (χ0v) is 32.0. The smallest absolute Gasteiger partial charge is 0.407 e. The molecule has 1 saturated heterocycles. The van der Waals surface area contributed by atoms with Crippen molar-refractivity contribution >= 4 is 41.6 Å². The van der Waals surface area contributed by atoms with E-state index in [-0.39, 0.29) is 37.4 Å². The van der Waals surface area contributed by atoms with Gasteiger partial charge in [-0.1, -0.05) is 26.0 Å². The van der Waals surface area contributed by atoms with E-state index < -0.39 is 82.6 Å². The number of benzene rings is 2. The number of ether oxygens (including phenoxy) is 4. The minimum absolute atomic E-state index is 0.102. The number of rotatable bonds is 14. The average Bonchev–Trinajstić information content (AvgIpc) is 3.54. The van der Waals surface area contributed by atoms with Crippen molar-refractivity contribution in [2.24, 2.45) is 11.3 Å². The number of nitrogens with zero attached hydrogens (tertiary/aromatic N) is 1. The van der Waals surface area contributed by atoms with E-state index in [4.69, 9.17) is 18.9 Å². The third kappa shape index (κ3) is 13.5. The van der Waals surface area contributed by atoms with Crippen molar-refractivity contribution in [3.8, 4) is 5.75 Å². The number of esters is 2. The largest absolute Gasteiger partial charge is 0.478 e. The van der Waals surface area contributed by atoms with Crippen molar-refractivity contribution in [1.82, 2.24) is 15.5 Å². The first kappa shape index (κ1) is 42.9. The van der Waals surface area contributed by atoms with Crippen molar-refractivity contribution in [3.05, 3.63) is 65.0 Å². The standard InChI is InChI=1S/C37H48F3N3O9S/c1-21(2)30(33(46)49-20-50-34(47)36(3,4)5)51-25-11-9-22(10-12-25)19-41-31(45)32-43(13-14-53-32)29(44)17-24(42-35(48)52-37(6,7)8)15-23-16-27(39)28(40)18-26(23)38/h9-12,16,18,21,24,30,32H,13-15,17,19-20H2,1-8H3,(H,41,45)(H,42,48). The van der Waals surface area contributed by atoms with E-state index in [0.717, 1.165) is 0 Å². The molecule has 16 heteroatoms. The van der Waals surface area contributed by atoms with Crippen molar-refractivity contribution in [3.63, 3.8) is 0 Å². The molecular formula is C37H48F3N3O9S. The fourth-order valence-corrected chi connectivity index (χ4v) is 6.07. The Morgan fingerprint density at radius 2 is 1.57 bits per heavy atom. The van der Waals surface area contributed by atoms with Crippen LogP contribution in [0.2, 0.25) is 0 Å². The number of carbonyl (C=O) groups excluding carboxylic acids is 5. The van der Waals surface area contributed by atoms with Crippen LogP contribution >= 0.6 is 11.8 Å². The van der Waals surface area contributed by atoms with Gasteiger partial charge in [-0.05, 0) is 77.3 Å². The fraction of sp³-hybridized carbons (Fsp3) is 0.541. The van der Waals surface area contributed by atoms with Gasteiger partial charge in [0.2, 0.25) is 12.7 Å². The van der Waals surface area contributed by atoms with Gasteiger partial charge in [-0.3, -0.25) is 14.4 Å². The zero-order valence-electron chi connectivity index (χ0n) is 31.2. The van der Waals surface area contributed by atoms with Crippen LogP contribution in [-0.4, -0.2) is 77.0 Å². The molecule has 292 valence electrons. The van der Waals surface area contributed by atoms with E-state index in [0.29, 0.717) is 29.2 Å². The van der Waals surface area contributed by atoms with E-state index >= 15 is 0 Å². The number of thioether (sulfide) groups is 1. The quantitative estimate of drug-likeness (QED) is 0.141. The number of amides is 3. The second-order valence-electron chi connectivity index (χ2n) is 14.8. The number of hydrogen-bond acceptors (Lipinski definition) is 10. The lowest BCUT2D eigenvalue weighted by Gasteiger charge is -2.27. The lowest BCUT2D eigenvalue weighted by atomic mass is 9.98. The summed E-state index contributed by atoms with van der Waals surface area (Å²) in [4.78, 5) is 65.3. The normalized spacial score (nSPS) is 15.7. The summed E-state index contributed by atoms with van der Waals surface area (Å²) >= 11 is 1.24. The molecule has 1 aliphatic heterocycles. The molecule has 12 nitrogen and oxygen atoms in total. The Hall–Kier alpha value is -4.47. The van der Waals surface area contributed by atoms with Crippen molar-refractivity contribution in [1.29, 1.82) is 0 Å². The third-order valence-electron chi connectivity index (χ3n) is 7.63. The van der Waals surface area contributed by atoms with Crippen molar-refractivity contribution in [2.45, 2.75) is 97.9 Å². The SMILES string of the molecule is CC(C)C(Oc1ccc(CNC(=O)C2SCCN2C(=O)CC(Cc2cc(F)c(F)cc2F)NC(=O)OC(C)(C)C)cc1)C(=O)OCOC(=O)C(C)(C)C. The highest BCUT2D eigenvalue weighted by Gasteiger charge is 2.36. The van der Waals surface area contributed by atoms with Gasteiger partial charge in [0.15, 0.2) is 23.1 Å². The van der Waals surface area contributed by atoms with Gasteiger partial charge in [-0.2, -0.15) is 0 Å². The summed E-state index contributed by atoms with van der Waals surface area (Å²) in [5, 5.41) is 4.44. The van der Waals surface area contributed by atoms with Crippen LogP contribution in [-0.2, 0) is 46.4 Å². The molecule has 2 aromatic rings. The second kappa shape index (κ2) is 18.5. The van der Waals surface area contributed by atoms with E-state index in [9.17, 15) is 37.1 Å². The minimum Gasteiger partial charge on any atom is -0.478 e. The average molecular weight is 768 g/mol. The van der Waals surface area contributed by atoms with Gasteiger partial charge in [0.1, 0.15) is 17.2 Å². The molecule has 3 rings (SSSR count). The molecule has 0 saturated carbocycles. The van der Waals surface area contributed by atoms with Gasteiger partial charge in [0.25, 0.3) is 5.91 Å². The van der Waals surface area contributed by atoms with Crippen LogP contribution < -0.4 is 15.4 Å². The Labute approximate surface area is 311 Å². The lowest BCUT2D eigenvalue weighted by molar-refractivity contribution is -0.178. The third-order valence-corrected chi connectivity index (χ3v) is 8.83. The van der Waals surface area contributed by atoms with E-state index in [1.807, 2.05) is 0 Å². The maximum absolute atomic E-state index is 14.5. The number of alkyl carbamates (subject to hydrolysis) is 1. The molecular weight excluding hydrogens is 719 g/mol. The number of carbonyl (C=O) groups is 5. The summed E-state index contributed by atoms with van der Waals surface area (Å²) in [5.74, 6) is -5.34. The molecule has 0 aliphatic carbocycles. The first-order valence-electron chi connectivity index (χ1n) is 17.1. The van der Waals surface area contributed by atoms with E-state index in [1.165, 1.54) is 16.7 Å². The predicted octanol–water partition coefficient (Wildman–Crippen LogP) is 5.64. The topological polar surface area (TPSA) is 150 Å². The second-order valence-corrected chi connectivity index (χ2v) is 16.0.